The Morgan fingerprint density at radius 2 is 2.13 bits per heavy atom. The van der Waals surface area contributed by atoms with Crippen LogP contribution in [-0.2, 0) is 0 Å². The van der Waals surface area contributed by atoms with E-state index in [0.717, 1.165) is 12.0 Å². The van der Waals surface area contributed by atoms with Crippen LogP contribution in [0.1, 0.15) is 26.7 Å². The Labute approximate surface area is 91.2 Å². The van der Waals surface area contributed by atoms with E-state index in [-0.39, 0.29) is 17.8 Å². The molecule has 3 nitrogen and oxygen atoms in total. The van der Waals surface area contributed by atoms with Crippen LogP contribution in [0.25, 0.3) is 0 Å². The highest BCUT2D eigenvalue weighted by Crippen LogP contribution is 2.41. The molecule has 1 saturated carbocycles. The highest BCUT2D eigenvalue weighted by Gasteiger charge is 2.44. The van der Waals surface area contributed by atoms with Gasteiger partial charge in [-0.15, -0.1) is 0 Å². The summed E-state index contributed by atoms with van der Waals surface area (Å²) in [4.78, 5) is 0. The molecule has 2 N–H and O–H groups in total. The van der Waals surface area contributed by atoms with Crippen molar-refractivity contribution in [3.05, 3.63) is 12.2 Å². The number of nitrogens with zero attached hydrogens (tertiary/aromatic N) is 2. The first-order valence-corrected chi connectivity index (χ1v) is 5.19. The Morgan fingerprint density at radius 3 is 2.53 bits per heavy atom. The van der Waals surface area contributed by atoms with Crippen LogP contribution >= 0.6 is 0 Å². The van der Waals surface area contributed by atoms with Gasteiger partial charge in [0.15, 0.2) is 0 Å². The fraction of sp³-hybridized carbons (Fsp3) is 0.667. The minimum atomic E-state index is -0.873. The Hall–Kier alpha value is -1.32. The van der Waals surface area contributed by atoms with Crippen molar-refractivity contribution < 1.29 is 0 Å². The second kappa shape index (κ2) is 4.04. The summed E-state index contributed by atoms with van der Waals surface area (Å²) in [7, 11) is 0. The van der Waals surface area contributed by atoms with Crippen LogP contribution in [0.15, 0.2) is 12.2 Å². The lowest BCUT2D eigenvalue weighted by Crippen LogP contribution is -2.52. The molecule has 0 amide bonds. The van der Waals surface area contributed by atoms with Crippen molar-refractivity contribution in [1.29, 1.82) is 10.5 Å². The van der Waals surface area contributed by atoms with Gasteiger partial charge < -0.3 is 5.73 Å². The molecule has 1 rings (SSSR count). The summed E-state index contributed by atoms with van der Waals surface area (Å²) in [6, 6.07) is 4.42. The summed E-state index contributed by atoms with van der Waals surface area (Å²) in [6.45, 7) is 7.73. The summed E-state index contributed by atoms with van der Waals surface area (Å²) in [5.74, 6) is 0.00343. The van der Waals surface area contributed by atoms with Crippen molar-refractivity contribution in [2.45, 2.75) is 32.2 Å². The normalized spacial score (nSPS) is 40.2. The van der Waals surface area contributed by atoms with E-state index < -0.39 is 5.54 Å². The molecule has 3 heteroatoms. The second-order valence-electron chi connectivity index (χ2n) is 4.66. The van der Waals surface area contributed by atoms with E-state index in [2.05, 4.69) is 18.7 Å². The van der Waals surface area contributed by atoms with E-state index in [0.29, 0.717) is 6.42 Å². The summed E-state index contributed by atoms with van der Waals surface area (Å²) in [6.07, 6.45) is 1.41. The SMILES string of the molecule is C=C(C)[C@@H]1C[C@@H](C#N)[C@@H](C)[C@](N)(C#N)C1. The van der Waals surface area contributed by atoms with Gasteiger partial charge in [0.2, 0.25) is 0 Å². The third-order valence-corrected chi connectivity index (χ3v) is 3.61. The van der Waals surface area contributed by atoms with Crippen LogP contribution in [0, 0.1) is 40.4 Å². The average Bonchev–Trinajstić information content (AvgIpc) is 2.21. The Balaban J connectivity index is 2.98. The van der Waals surface area contributed by atoms with E-state index >= 15 is 0 Å². The van der Waals surface area contributed by atoms with E-state index in [9.17, 15) is 0 Å². The van der Waals surface area contributed by atoms with Gasteiger partial charge in [0.1, 0.15) is 5.54 Å². The van der Waals surface area contributed by atoms with Crippen LogP contribution in [0.5, 0.6) is 0 Å². The minimum Gasteiger partial charge on any atom is -0.313 e. The van der Waals surface area contributed by atoms with Crippen LogP contribution in [0.4, 0.5) is 0 Å². The summed E-state index contributed by atoms with van der Waals surface area (Å²) < 4.78 is 0. The molecule has 0 saturated heterocycles. The molecule has 0 unspecified atom stereocenters. The zero-order valence-corrected chi connectivity index (χ0v) is 9.33. The number of rotatable bonds is 1. The number of allylic oxidation sites excluding steroid dienone is 1. The molecule has 1 aliphatic carbocycles. The van der Waals surface area contributed by atoms with E-state index in [1.165, 1.54) is 0 Å². The average molecular weight is 203 g/mol. The standard InChI is InChI=1S/C12H17N3/c1-8(2)10-4-11(6-13)9(3)12(15,5-10)7-14/h9-11H,1,4-5,15H2,2-3H3/t9-,10-,11+,12-/m1/s1. The quantitative estimate of drug-likeness (QED) is 0.662. The molecular formula is C12H17N3. The monoisotopic (exact) mass is 203 g/mol. The van der Waals surface area contributed by atoms with Crippen molar-refractivity contribution >= 4 is 0 Å². The Bertz CT molecular complexity index is 347. The van der Waals surface area contributed by atoms with Crippen LogP contribution < -0.4 is 5.73 Å². The molecule has 0 radical (unpaired) electrons. The number of hydrogen-bond acceptors (Lipinski definition) is 3. The maximum absolute atomic E-state index is 9.12. The smallest absolute Gasteiger partial charge is 0.108 e. The van der Waals surface area contributed by atoms with Crippen molar-refractivity contribution in [2.24, 2.45) is 23.5 Å². The van der Waals surface area contributed by atoms with Gasteiger partial charge in [-0.3, -0.25) is 0 Å². The van der Waals surface area contributed by atoms with Crippen LogP contribution in [-0.4, -0.2) is 5.54 Å². The molecule has 15 heavy (non-hydrogen) atoms. The van der Waals surface area contributed by atoms with Gasteiger partial charge in [-0.25, -0.2) is 0 Å². The second-order valence-corrected chi connectivity index (χ2v) is 4.66. The zero-order valence-electron chi connectivity index (χ0n) is 9.33. The topological polar surface area (TPSA) is 73.6 Å². The molecular weight excluding hydrogens is 186 g/mol. The summed E-state index contributed by atoms with van der Waals surface area (Å²) in [5.41, 5.74) is 6.19. The largest absolute Gasteiger partial charge is 0.313 e. The molecule has 0 aromatic carbocycles. The van der Waals surface area contributed by atoms with Gasteiger partial charge in [-0.2, -0.15) is 10.5 Å². The van der Waals surface area contributed by atoms with Crippen LogP contribution in [0.3, 0.4) is 0 Å². The van der Waals surface area contributed by atoms with Crippen molar-refractivity contribution in [1.82, 2.24) is 0 Å². The first kappa shape index (κ1) is 11.8. The number of nitriles is 2. The van der Waals surface area contributed by atoms with Crippen LogP contribution in [0.2, 0.25) is 0 Å². The lowest BCUT2D eigenvalue weighted by Gasteiger charge is -2.41. The molecule has 4 atom stereocenters. The summed E-state index contributed by atoms with van der Waals surface area (Å²) in [5, 5.41) is 18.2. The van der Waals surface area contributed by atoms with Crippen molar-refractivity contribution in [3.63, 3.8) is 0 Å². The van der Waals surface area contributed by atoms with Gasteiger partial charge in [-0.1, -0.05) is 19.1 Å². The fourth-order valence-electron chi connectivity index (χ4n) is 2.23. The zero-order chi connectivity index (χ0) is 11.6. The van der Waals surface area contributed by atoms with E-state index in [1.54, 1.807) is 0 Å². The number of nitrogens with two attached hydrogens (primary N) is 1. The molecule has 0 bridgehead atoms. The third-order valence-electron chi connectivity index (χ3n) is 3.61. The molecule has 0 spiro atoms. The highest BCUT2D eigenvalue weighted by atomic mass is 14.8. The van der Waals surface area contributed by atoms with Gasteiger partial charge in [0, 0.05) is 5.92 Å². The lowest BCUT2D eigenvalue weighted by molar-refractivity contribution is 0.175. The fourth-order valence-corrected chi connectivity index (χ4v) is 2.23. The maximum Gasteiger partial charge on any atom is 0.108 e. The van der Waals surface area contributed by atoms with Gasteiger partial charge >= 0.3 is 0 Å². The van der Waals surface area contributed by atoms with Crippen molar-refractivity contribution in [3.8, 4) is 12.1 Å². The molecule has 1 aliphatic rings. The Kier molecular flexibility index (Phi) is 3.17. The molecule has 0 heterocycles. The highest BCUT2D eigenvalue weighted by molar-refractivity contribution is 5.19. The summed E-state index contributed by atoms with van der Waals surface area (Å²) >= 11 is 0. The van der Waals surface area contributed by atoms with Gasteiger partial charge in [0.05, 0.1) is 18.1 Å². The third kappa shape index (κ3) is 2.03. The molecule has 1 fully saturated rings. The first-order chi connectivity index (χ1) is 6.94. The minimum absolute atomic E-state index is 0.0666. The lowest BCUT2D eigenvalue weighted by atomic mass is 9.64. The predicted molar refractivity (Wildman–Crippen MR) is 58.3 cm³/mol. The maximum atomic E-state index is 9.12. The number of hydrogen-bond donors (Lipinski definition) is 1. The van der Waals surface area contributed by atoms with Crippen molar-refractivity contribution in [2.75, 3.05) is 0 Å². The molecule has 0 aromatic rings. The molecule has 0 aliphatic heterocycles. The molecule has 0 aromatic heterocycles. The van der Waals surface area contributed by atoms with E-state index in [4.69, 9.17) is 16.3 Å². The Morgan fingerprint density at radius 1 is 1.53 bits per heavy atom. The first-order valence-electron chi connectivity index (χ1n) is 5.19. The van der Waals surface area contributed by atoms with Gasteiger partial charge in [-0.05, 0) is 25.7 Å². The molecule has 80 valence electrons. The van der Waals surface area contributed by atoms with E-state index in [1.807, 2.05) is 13.8 Å². The van der Waals surface area contributed by atoms with Gasteiger partial charge in [0.25, 0.3) is 0 Å². The predicted octanol–water partition coefficient (Wildman–Crippen LogP) is 1.97.